The van der Waals surface area contributed by atoms with Crippen LogP contribution in [0.5, 0.6) is 5.75 Å². The third kappa shape index (κ3) is 1.47. The Bertz CT molecular complexity index is 412. The fourth-order valence-corrected chi connectivity index (χ4v) is 2.03. The zero-order valence-corrected chi connectivity index (χ0v) is 9.01. The molecule has 1 saturated carbocycles. The molecule has 4 heteroatoms. The zero-order chi connectivity index (χ0) is 11.2. The number of phenolic OH excluding ortho intramolecular Hbond substituents is 1. The Hall–Kier alpha value is -1.22. The molecule has 0 amide bonds. The molecule has 0 aliphatic heterocycles. The van der Waals surface area contributed by atoms with Crippen molar-refractivity contribution in [2.75, 3.05) is 0 Å². The summed E-state index contributed by atoms with van der Waals surface area (Å²) in [6, 6.07) is 3.24. The van der Waals surface area contributed by atoms with Gasteiger partial charge in [-0.25, -0.2) is 0 Å². The van der Waals surface area contributed by atoms with Gasteiger partial charge in [-0.1, -0.05) is 17.7 Å². The van der Waals surface area contributed by atoms with E-state index in [1.165, 1.54) is 0 Å². The quantitative estimate of drug-likeness (QED) is 0.815. The average Bonchev–Trinajstić information content (AvgIpc) is 2.93. The third-order valence-electron chi connectivity index (χ3n) is 2.97. The SMILES string of the molecule is Cc1cc(C2(C(=O)O)CC2)cc(Cl)c1O. The van der Waals surface area contributed by atoms with E-state index in [-0.39, 0.29) is 10.8 Å². The molecule has 1 aromatic rings. The smallest absolute Gasteiger partial charge is 0.314 e. The number of carbonyl (C=O) groups is 1. The normalized spacial score (nSPS) is 17.5. The van der Waals surface area contributed by atoms with Crippen molar-refractivity contribution in [2.24, 2.45) is 0 Å². The molecule has 0 spiro atoms. The summed E-state index contributed by atoms with van der Waals surface area (Å²) in [7, 11) is 0. The molecule has 1 aliphatic carbocycles. The standard InChI is InChI=1S/C11H11ClO3/c1-6-4-7(5-8(12)9(6)13)11(2-3-11)10(14)15/h4-5,13H,2-3H2,1H3,(H,14,15). The first-order valence-electron chi connectivity index (χ1n) is 4.70. The molecule has 0 radical (unpaired) electrons. The molecule has 1 aromatic carbocycles. The number of hydrogen-bond acceptors (Lipinski definition) is 2. The van der Waals surface area contributed by atoms with E-state index in [1.807, 2.05) is 0 Å². The maximum atomic E-state index is 11.1. The highest BCUT2D eigenvalue weighted by Crippen LogP contribution is 2.50. The molecule has 80 valence electrons. The van der Waals surface area contributed by atoms with Crippen molar-refractivity contribution in [2.45, 2.75) is 25.2 Å². The minimum absolute atomic E-state index is 0.0293. The number of halogens is 1. The second-order valence-corrected chi connectivity index (χ2v) is 4.42. The maximum Gasteiger partial charge on any atom is 0.314 e. The molecule has 0 atom stereocenters. The highest BCUT2D eigenvalue weighted by Gasteiger charge is 2.52. The van der Waals surface area contributed by atoms with Gasteiger partial charge in [0.15, 0.2) is 0 Å². The van der Waals surface area contributed by atoms with E-state index in [0.717, 1.165) is 0 Å². The minimum Gasteiger partial charge on any atom is -0.506 e. The van der Waals surface area contributed by atoms with E-state index in [4.69, 9.17) is 16.7 Å². The number of aryl methyl sites for hydroxylation is 1. The topological polar surface area (TPSA) is 57.5 Å². The molecule has 2 N–H and O–H groups in total. The van der Waals surface area contributed by atoms with Crippen LogP contribution in [0.15, 0.2) is 12.1 Å². The summed E-state index contributed by atoms with van der Waals surface area (Å²) in [5.74, 6) is -0.787. The van der Waals surface area contributed by atoms with Crippen LogP contribution in [0.1, 0.15) is 24.0 Å². The summed E-state index contributed by atoms with van der Waals surface area (Å²) in [6.07, 6.45) is 1.28. The van der Waals surface area contributed by atoms with Crippen molar-refractivity contribution >= 4 is 17.6 Å². The lowest BCUT2D eigenvalue weighted by molar-refractivity contribution is -0.140. The van der Waals surface area contributed by atoms with E-state index in [1.54, 1.807) is 19.1 Å². The highest BCUT2D eigenvalue weighted by molar-refractivity contribution is 6.32. The Balaban J connectivity index is 2.51. The molecule has 1 aliphatic rings. The molecule has 3 nitrogen and oxygen atoms in total. The second-order valence-electron chi connectivity index (χ2n) is 4.01. The van der Waals surface area contributed by atoms with Gasteiger partial charge in [-0.05, 0) is 37.0 Å². The second kappa shape index (κ2) is 3.14. The monoisotopic (exact) mass is 226 g/mol. The lowest BCUT2D eigenvalue weighted by atomic mass is 9.94. The maximum absolute atomic E-state index is 11.1. The Kier molecular flexibility index (Phi) is 2.15. The van der Waals surface area contributed by atoms with Crippen LogP contribution >= 0.6 is 11.6 Å². The van der Waals surface area contributed by atoms with Crippen molar-refractivity contribution in [3.05, 3.63) is 28.3 Å². The van der Waals surface area contributed by atoms with Gasteiger partial charge in [0.1, 0.15) is 5.75 Å². The number of aromatic hydroxyl groups is 1. The van der Waals surface area contributed by atoms with Gasteiger partial charge in [-0.15, -0.1) is 0 Å². The first kappa shape index (κ1) is 10.3. The number of carboxylic acids is 1. The average molecular weight is 227 g/mol. The van der Waals surface area contributed by atoms with Gasteiger partial charge in [-0.2, -0.15) is 0 Å². The van der Waals surface area contributed by atoms with Gasteiger partial charge in [0.2, 0.25) is 0 Å². The molecule has 2 rings (SSSR count). The van der Waals surface area contributed by atoms with Crippen LogP contribution in [0.2, 0.25) is 5.02 Å². The number of carboxylic acid groups (broad SMARTS) is 1. The van der Waals surface area contributed by atoms with Gasteiger partial charge in [0, 0.05) is 0 Å². The predicted octanol–water partition coefficient (Wildman–Crippen LogP) is 2.47. The predicted molar refractivity (Wildman–Crippen MR) is 56.4 cm³/mol. The van der Waals surface area contributed by atoms with Crippen molar-refractivity contribution in [1.82, 2.24) is 0 Å². The van der Waals surface area contributed by atoms with Crippen molar-refractivity contribution in [1.29, 1.82) is 0 Å². The van der Waals surface area contributed by atoms with E-state index in [0.29, 0.717) is 24.0 Å². The van der Waals surface area contributed by atoms with Gasteiger partial charge >= 0.3 is 5.97 Å². The number of phenols is 1. The summed E-state index contributed by atoms with van der Waals surface area (Å²) in [5, 5.41) is 18.8. The molecule has 0 heterocycles. The van der Waals surface area contributed by atoms with Gasteiger partial charge in [0.05, 0.1) is 10.4 Å². The largest absolute Gasteiger partial charge is 0.506 e. The van der Waals surface area contributed by atoms with Crippen LogP contribution in [0.3, 0.4) is 0 Å². The van der Waals surface area contributed by atoms with Crippen LogP contribution in [0.4, 0.5) is 0 Å². The first-order valence-corrected chi connectivity index (χ1v) is 5.08. The molecular weight excluding hydrogens is 216 g/mol. The van der Waals surface area contributed by atoms with Crippen LogP contribution < -0.4 is 0 Å². The Labute approximate surface area is 92.3 Å². The molecule has 0 saturated heterocycles. The van der Waals surface area contributed by atoms with E-state index in [9.17, 15) is 9.90 Å². The summed E-state index contributed by atoms with van der Waals surface area (Å²) in [5.41, 5.74) is 0.544. The molecule has 0 aromatic heterocycles. The molecule has 0 unspecified atom stereocenters. The fourth-order valence-electron chi connectivity index (χ4n) is 1.76. The number of aliphatic carboxylic acids is 1. The number of hydrogen-bond donors (Lipinski definition) is 2. The Morgan fingerprint density at radius 1 is 1.47 bits per heavy atom. The lowest BCUT2D eigenvalue weighted by Crippen LogP contribution is -2.19. The summed E-state index contributed by atoms with van der Waals surface area (Å²) < 4.78 is 0. The fraction of sp³-hybridized carbons (Fsp3) is 0.364. The van der Waals surface area contributed by atoms with Crippen LogP contribution in [0.25, 0.3) is 0 Å². The van der Waals surface area contributed by atoms with Gasteiger partial charge in [-0.3, -0.25) is 4.79 Å². The molecule has 15 heavy (non-hydrogen) atoms. The van der Waals surface area contributed by atoms with Crippen molar-refractivity contribution in [3.8, 4) is 5.75 Å². The number of rotatable bonds is 2. The van der Waals surface area contributed by atoms with E-state index < -0.39 is 11.4 Å². The summed E-state index contributed by atoms with van der Waals surface area (Å²) in [6.45, 7) is 1.71. The summed E-state index contributed by atoms with van der Waals surface area (Å²) in [4.78, 5) is 11.1. The number of benzene rings is 1. The Morgan fingerprint density at radius 2 is 2.07 bits per heavy atom. The third-order valence-corrected chi connectivity index (χ3v) is 3.25. The molecular formula is C11H11ClO3. The molecule has 0 bridgehead atoms. The highest BCUT2D eigenvalue weighted by atomic mass is 35.5. The van der Waals surface area contributed by atoms with Crippen LogP contribution in [0, 0.1) is 6.92 Å². The summed E-state index contributed by atoms with van der Waals surface area (Å²) >= 11 is 5.81. The zero-order valence-electron chi connectivity index (χ0n) is 8.25. The van der Waals surface area contributed by atoms with Crippen molar-refractivity contribution in [3.63, 3.8) is 0 Å². The van der Waals surface area contributed by atoms with Crippen molar-refractivity contribution < 1.29 is 15.0 Å². The van der Waals surface area contributed by atoms with Crippen LogP contribution in [-0.2, 0) is 10.2 Å². The van der Waals surface area contributed by atoms with Gasteiger partial charge < -0.3 is 10.2 Å². The Morgan fingerprint density at radius 3 is 2.47 bits per heavy atom. The van der Waals surface area contributed by atoms with E-state index >= 15 is 0 Å². The minimum atomic E-state index is -0.816. The first-order chi connectivity index (χ1) is 6.97. The van der Waals surface area contributed by atoms with Gasteiger partial charge in [0.25, 0.3) is 0 Å². The van der Waals surface area contributed by atoms with E-state index in [2.05, 4.69) is 0 Å². The molecule has 1 fully saturated rings. The van der Waals surface area contributed by atoms with Crippen LogP contribution in [-0.4, -0.2) is 16.2 Å². The lowest BCUT2D eigenvalue weighted by Gasteiger charge is -2.12.